The number of carbonyl (C=O) groups is 1. The average molecular weight is 410 g/mol. The number of amides is 1. The maximum atomic E-state index is 12.5. The van der Waals surface area contributed by atoms with Crippen LogP contribution in [-0.2, 0) is 0 Å². The van der Waals surface area contributed by atoms with Crippen LogP contribution in [0, 0.1) is 0 Å². The number of hydrogen-bond acceptors (Lipinski definition) is 7. The first kappa shape index (κ1) is 17.4. The molecule has 26 heavy (non-hydrogen) atoms. The van der Waals surface area contributed by atoms with Gasteiger partial charge in [-0.25, -0.2) is 0 Å². The third-order valence-electron chi connectivity index (χ3n) is 4.32. The molecule has 0 unspecified atom stereocenters. The van der Waals surface area contributed by atoms with E-state index in [9.17, 15) is 4.79 Å². The normalized spacial score (nSPS) is 15.4. The van der Waals surface area contributed by atoms with Gasteiger partial charge >= 0.3 is 0 Å². The molecule has 10 heteroatoms. The zero-order valence-electron chi connectivity index (χ0n) is 13.4. The molecule has 0 saturated carbocycles. The summed E-state index contributed by atoms with van der Waals surface area (Å²) in [5.74, 6) is 1.10. The number of hydrogen-bond donors (Lipinski definition) is 0. The summed E-state index contributed by atoms with van der Waals surface area (Å²) in [6, 6.07) is 3.64. The van der Waals surface area contributed by atoms with Crippen molar-refractivity contribution in [2.45, 2.75) is 18.8 Å². The van der Waals surface area contributed by atoms with Crippen LogP contribution in [0.25, 0.3) is 11.5 Å². The van der Waals surface area contributed by atoms with E-state index in [2.05, 4.69) is 19.5 Å². The Bertz CT molecular complexity index is 922. The standard InChI is InChI=1S/C16H13Cl2N5O2S/c17-11-12(22-26-13(11)18)16(24)23-7-3-9(4-8-23)14-20-15(25-21-14)10-1-5-19-6-2-10/h1-2,5-6,9H,3-4,7-8H2. The van der Waals surface area contributed by atoms with Gasteiger partial charge in [0.25, 0.3) is 11.8 Å². The van der Waals surface area contributed by atoms with Crippen molar-refractivity contribution in [3.63, 3.8) is 0 Å². The molecule has 0 atom stereocenters. The third-order valence-corrected chi connectivity index (χ3v) is 5.93. The molecule has 0 N–H and O–H groups in total. The lowest BCUT2D eigenvalue weighted by Gasteiger charge is -2.30. The van der Waals surface area contributed by atoms with Crippen LogP contribution in [-0.4, -0.2) is 43.4 Å². The molecule has 4 rings (SSSR count). The summed E-state index contributed by atoms with van der Waals surface area (Å²) in [5.41, 5.74) is 1.06. The van der Waals surface area contributed by atoms with Crippen molar-refractivity contribution >= 4 is 40.6 Å². The van der Waals surface area contributed by atoms with Gasteiger partial charge in [-0.1, -0.05) is 28.4 Å². The molecular weight excluding hydrogens is 397 g/mol. The van der Waals surface area contributed by atoms with E-state index in [1.807, 2.05) is 12.1 Å². The summed E-state index contributed by atoms with van der Waals surface area (Å²) >= 11 is 13.0. The number of carbonyl (C=O) groups excluding carboxylic acids is 1. The predicted molar refractivity (Wildman–Crippen MR) is 97.5 cm³/mol. The fourth-order valence-corrected chi connectivity index (χ4v) is 3.88. The molecule has 7 nitrogen and oxygen atoms in total. The average Bonchev–Trinajstić information content (AvgIpc) is 3.30. The molecule has 1 aliphatic heterocycles. The van der Waals surface area contributed by atoms with Crippen molar-refractivity contribution in [2.24, 2.45) is 0 Å². The van der Waals surface area contributed by atoms with Crippen LogP contribution in [0.15, 0.2) is 29.0 Å². The van der Waals surface area contributed by atoms with Crippen molar-refractivity contribution in [3.8, 4) is 11.5 Å². The first-order valence-corrected chi connectivity index (χ1v) is 9.50. The summed E-state index contributed by atoms with van der Waals surface area (Å²) in [6.07, 6.45) is 4.85. The third kappa shape index (κ3) is 3.32. The number of piperidine rings is 1. The molecule has 3 aromatic heterocycles. The molecule has 1 saturated heterocycles. The van der Waals surface area contributed by atoms with E-state index in [-0.39, 0.29) is 22.5 Å². The minimum atomic E-state index is -0.192. The van der Waals surface area contributed by atoms with Crippen LogP contribution in [0.4, 0.5) is 0 Å². The second kappa shape index (κ2) is 7.30. The summed E-state index contributed by atoms with van der Waals surface area (Å²) in [6.45, 7) is 1.15. The van der Waals surface area contributed by atoms with Crippen LogP contribution < -0.4 is 0 Å². The Labute approximate surface area is 163 Å². The predicted octanol–water partition coefficient (Wildman–Crippen LogP) is 3.91. The Hall–Kier alpha value is -2.03. The molecule has 0 aliphatic carbocycles. The second-order valence-electron chi connectivity index (χ2n) is 5.88. The van der Waals surface area contributed by atoms with Gasteiger partial charge in [0, 0.05) is 37.0 Å². The molecule has 134 valence electrons. The van der Waals surface area contributed by atoms with E-state index in [4.69, 9.17) is 27.7 Å². The molecule has 0 bridgehead atoms. The zero-order chi connectivity index (χ0) is 18.1. The van der Waals surface area contributed by atoms with Crippen LogP contribution in [0.3, 0.4) is 0 Å². The molecule has 1 amide bonds. The lowest BCUT2D eigenvalue weighted by Crippen LogP contribution is -2.38. The maximum absolute atomic E-state index is 12.5. The Morgan fingerprint density at radius 3 is 2.62 bits per heavy atom. The number of halogens is 2. The molecular formula is C16H13Cl2N5O2S. The van der Waals surface area contributed by atoms with E-state index < -0.39 is 0 Å². The van der Waals surface area contributed by atoms with Crippen molar-refractivity contribution < 1.29 is 9.32 Å². The number of pyridine rings is 1. The van der Waals surface area contributed by atoms with Crippen molar-refractivity contribution in [1.82, 2.24) is 24.4 Å². The van der Waals surface area contributed by atoms with Gasteiger partial charge in [0.15, 0.2) is 11.5 Å². The van der Waals surface area contributed by atoms with Crippen LogP contribution in [0.2, 0.25) is 9.36 Å². The summed E-state index contributed by atoms with van der Waals surface area (Å²) in [5, 5.41) is 4.33. The Kier molecular flexibility index (Phi) is 4.88. The van der Waals surface area contributed by atoms with Gasteiger partial charge in [-0.15, -0.1) is 0 Å². The highest BCUT2D eigenvalue weighted by Crippen LogP contribution is 2.32. The topological polar surface area (TPSA) is 85.0 Å². The molecule has 0 spiro atoms. The van der Waals surface area contributed by atoms with Gasteiger partial charge in [-0.05, 0) is 36.5 Å². The monoisotopic (exact) mass is 409 g/mol. The minimum absolute atomic E-state index is 0.146. The molecule has 3 aromatic rings. The van der Waals surface area contributed by atoms with Crippen LogP contribution in [0.1, 0.15) is 35.1 Å². The van der Waals surface area contributed by atoms with Crippen molar-refractivity contribution in [1.29, 1.82) is 0 Å². The maximum Gasteiger partial charge on any atom is 0.275 e. The SMILES string of the molecule is O=C(c1nsc(Cl)c1Cl)N1CCC(c2noc(-c3ccncc3)n2)CC1. The fraction of sp³-hybridized carbons (Fsp3) is 0.312. The first-order valence-electron chi connectivity index (χ1n) is 7.97. The molecule has 1 aliphatic rings. The molecule has 4 heterocycles. The highest BCUT2D eigenvalue weighted by Gasteiger charge is 2.30. The Balaban J connectivity index is 1.42. The highest BCUT2D eigenvalue weighted by atomic mass is 35.5. The Morgan fingerprint density at radius 2 is 1.96 bits per heavy atom. The lowest BCUT2D eigenvalue weighted by molar-refractivity contribution is 0.0706. The molecule has 0 radical (unpaired) electrons. The second-order valence-corrected chi connectivity index (χ2v) is 7.63. The van der Waals surface area contributed by atoms with E-state index in [0.717, 1.165) is 29.9 Å². The van der Waals surface area contributed by atoms with Gasteiger partial charge in [0.05, 0.1) is 0 Å². The largest absolute Gasteiger partial charge is 0.337 e. The van der Waals surface area contributed by atoms with Crippen LogP contribution >= 0.6 is 34.7 Å². The first-order chi connectivity index (χ1) is 12.6. The van der Waals surface area contributed by atoms with E-state index >= 15 is 0 Å². The minimum Gasteiger partial charge on any atom is -0.337 e. The van der Waals surface area contributed by atoms with Crippen molar-refractivity contribution in [2.75, 3.05) is 13.1 Å². The molecule has 0 aromatic carbocycles. The quantitative estimate of drug-likeness (QED) is 0.651. The van der Waals surface area contributed by atoms with Gasteiger partial charge in [-0.2, -0.15) is 9.36 Å². The van der Waals surface area contributed by atoms with Gasteiger partial charge in [0.2, 0.25) is 0 Å². The van der Waals surface area contributed by atoms with Gasteiger partial charge in [-0.3, -0.25) is 9.78 Å². The summed E-state index contributed by atoms with van der Waals surface area (Å²) < 4.78 is 9.74. The van der Waals surface area contributed by atoms with Gasteiger partial charge in [0.1, 0.15) is 9.36 Å². The van der Waals surface area contributed by atoms with Crippen molar-refractivity contribution in [3.05, 3.63) is 45.4 Å². The summed E-state index contributed by atoms with van der Waals surface area (Å²) in [4.78, 5) is 22.7. The Morgan fingerprint density at radius 1 is 1.23 bits per heavy atom. The number of aromatic nitrogens is 4. The zero-order valence-corrected chi connectivity index (χ0v) is 15.8. The molecule has 1 fully saturated rings. The number of nitrogens with zero attached hydrogens (tertiary/aromatic N) is 5. The van der Waals surface area contributed by atoms with Gasteiger partial charge < -0.3 is 9.42 Å². The van der Waals surface area contributed by atoms with E-state index in [0.29, 0.717) is 29.1 Å². The number of likely N-dealkylation sites (tertiary alicyclic amines) is 1. The number of rotatable bonds is 3. The summed E-state index contributed by atoms with van der Waals surface area (Å²) in [7, 11) is 0. The lowest BCUT2D eigenvalue weighted by atomic mass is 9.96. The van der Waals surface area contributed by atoms with E-state index in [1.165, 1.54) is 0 Å². The smallest absolute Gasteiger partial charge is 0.275 e. The highest BCUT2D eigenvalue weighted by molar-refractivity contribution is 7.11. The fourth-order valence-electron chi connectivity index (χ4n) is 2.89. The van der Waals surface area contributed by atoms with E-state index in [1.54, 1.807) is 17.3 Å². The van der Waals surface area contributed by atoms with Crippen LogP contribution in [0.5, 0.6) is 0 Å².